The summed E-state index contributed by atoms with van der Waals surface area (Å²) in [7, 11) is 0. The molecule has 3 heteroatoms. The van der Waals surface area contributed by atoms with Gasteiger partial charge in [0.25, 0.3) is 0 Å². The third kappa shape index (κ3) is 2.47. The minimum Gasteiger partial charge on any atom is -0.388 e. The molecule has 1 unspecified atom stereocenters. The smallest absolute Gasteiger partial charge is 0.230 e. The molecule has 1 aliphatic carbocycles. The number of aliphatic hydroxyl groups is 1. The number of para-hydroxylation sites is 1. The Balaban J connectivity index is 1.81. The van der Waals surface area contributed by atoms with E-state index in [2.05, 4.69) is 6.92 Å². The number of amides is 1. The number of carbonyl (C=O) groups is 1. The Bertz CT molecular complexity index is 492. The molecule has 20 heavy (non-hydrogen) atoms. The molecule has 1 fully saturated rings. The Morgan fingerprint density at radius 3 is 2.60 bits per heavy atom. The molecule has 108 valence electrons. The van der Waals surface area contributed by atoms with Crippen molar-refractivity contribution in [1.29, 1.82) is 0 Å². The predicted octanol–water partition coefficient (Wildman–Crippen LogP) is 3.28. The SMILES string of the molecule is CC1CCC(C(=O)N2CCC(O)c3ccccc32)CC1. The Kier molecular flexibility index (Phi) is 3.79. The van der Waals surface area contributed by atoms with Gasteiger partial charge in [-0.15, -0.1) is 0 Å². The van der Waals surface area contributed by atoms with Gasteiger partial charge >= 0.3 is 0 Å². The van der Waals surface area contributed by atoms with E-state index in [0.717, 1.165) is 42.9 Å². The first-order valence-corrected chi connectivity index (χ1v) is 7.75. The van der Waals surface area contributed by atoms with Gasteiger partial charge in [-0.3, -0.25) is 4.79 Å². The van der Waals surface area contributed by atoms with Crippen molar-refractivity contribution in [3.63, 3.8) is 0 Å². The predicted molar refractivity (Wildman–Crippen MR) is 79.5 cm³/mol. The number of anilines is 1. The van der Waals surface area contributed by atoms with Crippen molar-refractivity contribution in [3.8, 4) is 0 Å². The van der Waals surface area contributed by atoms with E-state index in [4.69, 9.17) is 0 Å². The Morgan fingerprint density at radius 1 is 1.15 bits per heavy atom. The van der Waals surface area contributed by atoms with Crippen molar-refractivity contribution in [2.75, 3.05) is 11.4 Å². The Labute approximate surface area is 120 Å². The number of rotatable bonds is 1. The van der Waals surface area contributed by atoms with Crippen molar-refractivity contribution < 1.29 is 9.90 Å². The van der Waals surface area contributed by atoms with E-state index in [9.17, 15) is 9.90 Å². The molecule has 0 spiro atoms. The van der Waals surface area contributed by atoms with E-state index in [-0.39, 0.29) is 11.8 Å². The number of fused-ring (bicyclic) bond motifs is 1. The molecule has 3 nitrogen and oxygen atoms in total. The quantitative estimate of drug-likeness (QED) is 0.853. The number of hydrogen-bond donors (Lipinski definition) is 1. The van der Waals surface area contributed by atoms with Crippen LogP contribution in [0.25, 0.3) is 0 Å². The normalized spacial score (nSPS) is 29.9. The van der Waals surface area contributed by atoms with Gasteiger partial charge in [0.15, 0.2) is 0 Å². The molecular formula is C17H23NO2. The molecule has 0 saturated heterocycles. The molecule has 0 aromatic heterocycles. The molecule has 0 bridgehead atoms. The van der Waals surface area contributed by atoms with Crippen molar-refractivity contribution in [2.45, 2.75) is 45.1 Å². The van der Waals surface area contributed by atoms with E-state index < -0.39 is 6.10 Å². The lowest BCUT2D eigenvalue weighted by Crippen LogP contribution is -2.41. The van der Waals surface area contributed by atoms with Crippen LogP contribution >= 0.6 is 0 Å². The molecular weight excluding hydrogens is 250 g/mol. The van der Waals surface area contributed by atoms with Crippen molar-refractivity contribution >= 4 is 11.6 Å². The van der Waals surface area contributed by atoms with Gasteiger partial charge < -0.3 is 10.0 Å². The average molecular weight is 273 g/mol. The van der Waals surface area contributed by atoms with Crippen LogP contribution in [0.2, 0.25) is 0 Å². The largest absolute Gasteiger partial charge is 0.388 e. The van der Waals surface area contributed by atoms with Crippen LogP contribution < -0.4 is 4.90 Å². The summed E-state index contributed by atoms with van der Waals surface area (Å²) in [5.41, 5.74) is 1.81. The molecule has 1 saturated carbocycles. The van der Waals surface area contributed by atoms with Crippen molar-refractivity contribution in [2.24, 2.45) is 11.8 Å². The summed E-state index contributed by atoms with van der Waals surface area (Å²) in [6.07, 6.45) is 4.57. The fourth-order valence-electron chi connectivity index (χ4n) is 3.50. The minimum absolute atomic E-state index is 0.175. The number of nitrogens with zero attached hydrogens (tertiary/aromatic N) is 1. The van der Waals surface area contributed by atoms with Gasteiger partial charge in [-0.1, -0.05) is 25.1 Å². The molecule has 0 radical (unpaired) electrons. The molecule has 1 N–H and O–H groups in total. The summed E-state index contributed by atoms with van der Waals surface area (Å²) in [4.78, 5) is 14.7. The van der Waals surface area contributed by atoms with Gasteiger partial charge in [0.05, 0.1) is 6.10 Å². The van der Waals surface area contributed by atoms with E-state index in [1.165, 1.54) is 0 Å². The standard InChI is InChI=1S/C17H23NO2/c1-12-6-8-13(9-7-12)17(20)18-11-10-16(19)14-4-2-3-5-15(14)18/h2-5,12-13,16,19H,6-11H2,1H3. The van der Waals surface area contributed by atoms with Crippen molar-refractivity contribution in [3.05, 3.63) is 29.8 Å². The van der Waals surface area contributed by atoms with Crippen LogP contribution in [0.15, 0.2) is 24.3 Å². The topological polar surface area (TPSA) is 40.5 Å². The van der Waals surface area contributed by atoms with Crippen LogP contribution in [0.5, 0.6) is 0 Å². The van der Waals surface area contributed by atoms with E-state index in [0.29, 0.717) is 13.0 Å². The lowest BCUT2D eigenvalue weighted by molar-refractivity contribution is -0.123. The lowest BCUT2D eigenvalue weighted by Gasteiger charge is -2.36. The van der Waals surface area contributed by atoms with E-state index in [1.54, 1.807) is 0 Å². The first kappa shape index (κ1) is 13.6. The third-order valence-corrected chi connectivity index (χ3v) is 4.84. The molecule has 3 rings (SSSR count). The Morgan fingerprint density at radius 2 is 1.85 bits per heavy atom. The zero-order chi connectivity index (χ0) is 14.1. The van der Waals surface area contributed by atoms with Gasteiger partial charge in [-0.2, -0.15) is 0 Å². The fraction of sp³-hybridized carbons (Fsp3) is 0.588. The zero-order valence-corrected chi connectivity index (χ0v) is 12.1. The van der Waals surface area contributed by atoms with Crippen LogP contribution in [0, 0.1) is 11.8 Å². The van der Waals surface area contributed by atoms with Crippen LogP contribution in [0.1, 0.15) is 50.7 Å². The maximum atomic E-state index is 12.8. The third-order valence-electron chi connectivity index (χ3n) is 4.84. The summed E-state index contributed by atoms with van der Waals surface area (Å²) in [5, 5.41) is 10.1. The summed E-state index contributed by atoms with van der Waals surface area (Å²) >= 11 is 0. The second-order valence-corrected chi connectivity index (χ2v) is 6.31. The Hall–Kier alpha value is -1.35. The number of hydrogen-bond acceptors (Lipinski definition) is 2. The molecule has 2 aliphatic rings. The maximum Gasteiger partial charge on any atom is 0.230 e. The van der Waals surface area contributed by atoms with Gasteiger partial charge in [0.2, 0.25) is 5.91 Å². The maximum absolute atomic E-state index is 12.8. The van der Waals surface area contributed by atoms with Crippen LogP contribution in [-0.2, 0) is 4.79 Å². The second kappa shape index (κ2) is 5.57. The summed E-state index contributed by atoms with van der Waals surface area (Å²) in [6, 6.07) is 7.77. The van der Waals surface area contributed by atoms with Gasteiger partial charge in [0.1, 0.15) is 0 Å². The molecule has 1 aliphatic heterocycles. The van der Waals surface area contributed by atoms with Crippen LogP contribution in [-0.4, -0.2) is 17.6 Å². The number of aliphatic hydroxyl groups excluding tert-OH is 1. The average Bonchev–Trinajstić information content (AvgIpc) is 2.48. The highest BCUT2D eigenvalue weighted by Crippen LogP contribution is 2.36. The molecule has 1 aromatic rings. The highest BCUT2D eigenvalue weighted by atomic mass is 16.3. The highest BCUT2D eigenvalue weighted by Gasteiger charge is 2.32. The van der Waals surface area contributed by atoms with Gasteiger partial charge in [-0.05, 0) is 44.1 Å². The summed E-state index contributed by atoms with van der Waals surface area (Å²) in [6.45, 7) is 2.91. The highest BCUT2D eigenvalue weighted by molar-refractivity contribution is 5.96. The fourth-order valence-corrected chi connectivity index (χ4v) is 3.50. The molecule has 1 atom stereocenters. The molecule has 1 amide bonds. The minimum atomic E-state index is -0.429. The lowest BCUT2D eigenvalue weighted by atomic mass is 9.82. The number of carbonyl (C=O) groups excluding carboxylic acids is 1. The number of benzene rings is 1. The van der Waals surface area contributed by atoms with Crippen molar-refractivity contribution in [1.82, 2.24) is 0 Å². The first-order valence-electron chi connectivity index (χ1n) is 7.75. The summed E-state index contributed by atoms with van der Waals surface area (Å²) in [5.74, 6) is 1.19. The molecule has 1 heterocycles. The first-order chi connectivity index (χ1) is 9.66. The van der Waals surface area contributed by atoms with Gasteiger partial charge in [-0.25, -0.2) is 0 Å². The monoisotopic (exact) mass is 273 g/mol. The van der Waals surface area contributed by atoms with E-state index >= 15 is 0 Å². The zero-order valence-electron chi connectivity index (χ0n) is 12.1. The second-order valence-electron chi connectivity index (χ2n) is 6.31. The molecule has 1 aromatic carbocycles. The summed E-state index contributed by atoms with van der Waals surface area (Å²) < 4.78 is 0. The van der Waals surface area contributed by atoms with Crippen LogP contribution in [0.4, 0.5) is 5.69 Å². The van der Waals surface area contributed by atoms with E-state index in [1.807, 2.05) is 29.2 Å². The van der Waals surface area contributed by atoms with Crippen LogP contribution in [0.3, 0.4) is 0 Å². The van der Waals surface area contributed by atoms with Gasteiger partial charge in [0, 0.05) is 23.7 Å².